The summed E-state index contributed by atoms with van der Waals surface area (Å²) in [5, 5.41) is 2.50. The summed E-state index contributed by atoms with van der Waals surface area (Å²) in [6.07, 6.45) is 2.28. The maximum Gasteiger partial charge on any atom is 0.309 e. The molecule has 0 saturated heterocycles. The molecular weight excluding hydrogens is 375 g/mol. The number of fused-ring (bicyclic) bond motifs is 1. The molecule has 1 aliphatic heterocycles. The minimum Gasteiger partial charge on any atom is -0.452 e. The van der Waals surface area contributed by atoms with Crippen molar-refractivity contribution in [3.63, 3.8) is 0 Å². The van der Waals surface area contributed by atoms with E-state index in [1.54, 1.807) is 6.20 Å². The number of amides is 2. The van der Waals surface area contributed by atoms with Gasteiger partial charge in [0.15, 0.2) is 6.10 Å². The van der Waals surface area contributed by atoms with Crippen LogP contribution in [0, 0.1) is 5.82 Å². The molecule has 150 valence electrons. The van der Waals surface area contributed by atoms with E-state index in [0.29, 0.717) is 0 Å². The molecule has 2 aromatic rings. The van der Waals surface area contributed by atoms with Gasteiger partial charge in [0.25, 0.3) is 5.91 Å². The lowest BCUT2D eigenvalue weighted by molar-refractivity contribution is -0.154. The summed E-state index contributed by atoms with van der Waals surface area (Å²) < 4.78 is 18.5. The number of halogens is 1. The fraction of sp³-hybridized carbons (Fsp3) is 0.227. The van der Waals surface area contributed by atoms with Crippen LogP contribution in [0.15, 0.2) is 54.7 Å². The van der Waals surface area contributed by atoms with Crippen molar-refractivity contribution in [2.24, 2.45) is 0 Å². The molecule has 0 unspecified atom stereocenters. The maximum absolute atomic E-state index is 13.2. The Morgan fingerprint density at radius 1 is 1.17 bits per heavy atom. The van der Waals surface area contributed by atoms with Crippen LogP contribution in [-0.2, 0) is 19.1 Å². The number of ether oxygens (including phenoxy) is 1. The Morgan fingerprint density at radius 3 is 2.66 bits per heavy atom. The van der Waals surface area contributed by atoms with Gasteiger partial charge in [-0.2, -0.15) is 0 Å². The first-order valence-electron chi connectivity index (χ1n) is 9.17. The highest BCUT2D eigenvalue weighted by atomic mass is 19.1. The van der Waals surface area contributed by atoms with Crippen LogP contribution in [0.3, 0.4) is 0 Å². The average molecular weight is 396 g/mol. The second kappa shape index (κ2) is 8.68. The van der Waals surface area contributed by atoms with Crippen molar-refractivity contribution in [3.05, 3.63) is 71.7 Å². The van der Waals surface area contributed by atoms with Crippen molar-refractivity contribution in [1.82, 2.24) is 4.90 Å². The first kappa shape index (κ1) is 20.3. The van der Waals surface area contributed by atoms with Crippen LogP contribution in [0.2, 0.25) is 0 Å². The SMILES string of the molecule is CC(=O)N1C=Cc2ccccc2[C@H]1CC(=O)O[C@@H](C)C(=O)Nc1cccc(F)c1. The van der Waals surface area contributed by atoms with E-state index in [4.69, 9.17) is 4.74 Å². The standard InChI is InChI=1S/C22H21FN2O4/c1-14(22(28)24-18-8-5-7-17(23)12-18)29-21(27)13-20-19-9-4-3-6-16(19)10-11-25(20)15(2)26/h3-12,14,20H,13H2,1-2H3,(H,24,28)/t14-,20+/m0/s1. The molecule has 2 aromatic carbocycles. The molecule has 0 saturated carbocycles. The van der Waals surface area contributed by atoms with Gasteiger partial charge in [0.1, 0.15) is 5.82 Å². The molecule has 29 heavy (non-hydrogen) atoms. The van der Waals surface area contributed by atoms with E-state index in [9.17, 15) is 18.8 Å². The van der Waals surface area contributed by atoms with Crippen molar-refractivity contribution >= 4 is 29.5 Å². The number of hydrogen-bond donors (Lipinski definition) is 1. The number of nitrogens with zero attached hydrogens (tertiary/aromatic N) is 1. The average Bonchev–Trinajstić information content (AvgIpc) is 2.67. The summed E-state index contributed by atoms with van der Waals surface area (Å²) in [6.45, 7) is 2.86. The third kappa shape index (κ3) is 4.87. The van der Waals surface area contributed by atoms with Crippen molar-refractivity contribution in [2.75, 3.05) is 5.32 Å². The lowest BCUT2D eigenvalue weighted by Gasteiger charge is -2.32. The van der Waals surface area contributed by atoms with Crippen molar-refractivity contribution < 1.29 is 23.5 Å². The lowest BCUT2D eigenvalue weighted by atomic mass is 9.94. The van der Waals surface area contributed by atoms with E-state index in [2.05, 4.69) is 5.32 Å². The Balaban J connectivity index is 1.66. The molecule has 1 N–H and O–H groups in total. The molecule has 3 rings (SSSR count). The first-order chi connectivity index (χ1) is 13.8. The fourth-order valence-corrected chi connectivity index (χ4v) is 3.18. The van der Waals surface area contributed by atoms with Gasteiger partial charge in [-0.05, 0) is 42.3 Å². The number of rotatable bonds is 5. The highest BCUT2D eigenvalue weighted by molar-refractivity contribution is 5.95. The molecule has 2 atom stereocenters. The van der Waals surface area contributed by atoms with Crippen LogP contribution in [0.1, 0.15) is 37.4 Å². The zero-order chi connectivity index (χ0) is 21.0. The topological polar surface area (TPSA) is 75.7 Å². The molecule has 6 nitrogen and oxygen atoms in total. The number of nitrogens with one attached hydrogen (secondary N) is 1. The quantitative estimate of drug-likeness (QED) is 0.783. The Labute approximate surface area is 168 Å². The number of benzene rings is 2. The summed E-state index contributed by atoms with van der Waals surface area (Å²) in [7, 11) is 0. The van der Waals surface area contributed by atoms with Gasteiger partial charge >= 0.3 is 5.97 Å². The minimum absolute atomic E-state index is 0.0987. The van der Waals surface area contributed by atoms with E-state index >= 15 is 0 Å². The second-order valence-corrected chi connectivity index (χ2v) is 6.72. The molecule has 0 fully saturated rings. The Hall–Kier alpha value is -3.48. The summed E-state index contributed by atoms with van der Waals surface area (Å²) >= 11 is 0. The van der Waals surface area contributed by atoms with Gasteiger partial charge in [0.2, 0.25) is 5.91 Å². The number of anilines is 1. The molecule has 0 radical (unpaired) electrons. The number of carbonyl (C=O) groups is 3. The Bertz CT molecular complexity index is 973. The van der Waals surface area contributed by atoms with Gasteiger partial charge in [0.05, 0.1) is 12.5 Å². The van der Waals surface area contributed by atoms with Crippen LogP contribution >= 0.6 is 0 Å². The van der Waals surface area contributed by atoms with Crippen LogP contribution < -0.4 is 5.32 Å². The van der Waals surface area contributed by atoms with Gasteiger partial charge in [-0.1, -0.05) is 30.3 Å². The van der Waals surface area contributed by atoms with Gasteiger partial charge in [-0.15, -0.1) is 0 Å². The molecule has 1 aliphatic rings. The monoisotopic (exact) mass is 396 g/mol. The molecule has 0 spiro atoms. The molecule has 1 heterocycles. The maximum atomic E-state index is 13.2. The summed E-state index contributed by atoms with van der Waals surface area (Å²) in [5.41, 5.74) is 2.02. The lowest BCUT2D eigenvalue weighted by Crippen LogP contribution is -2.35. The van der Waals surface area contributed by atoms with Crippen LogP contribution in [0.4, 0.5) is 10.1 Å². The van der Waals surface area contributed by atoms with Crippen LogP contribution in [-0.4, -0.2) is 28.8 Å². The largest absolute Gasteiger partial charge is 0.452 e. The van der Waals surface area contributed by atoms with Crippen molar-refractivity contribution in [2.45, 2.75) is 32.4 Å². The number of carbonyl (C=O) groups excluding carboxylic acids is 3. The minimum atomic E-state index is -1.08. The fourth-order valence-electron chi connectivity index (χ4n) is 3.18. The number of hydrogen-bond acceptors (Lipinski definition) is 4. The summed E-state index contributed by atoms with van der Waals surface area (Å²) in [6, 6.07) is 12.4. The van der Waals surface area contributed by atoms with E-state index < -0.39 is 29.8 Å². The second-order valence-electron chi connectivity index (χ2n) is 6.72. The number of esters is 1. The van der Waals surface area contributed by atoms with E-state index in [1.165, 1.54) is 43.0 Å². The van der Waals surface area contributed by atoms with Crippen molar-refractivity contribution in [3.8, 4) is 0 Å². The highest BCUT2D eigenvalue weighted by Gasteiger charge is 2.30. The van der Waals surface area contributed by atoms with Gasteiger partial charge in [-0.25, -0.2) is 4.39 Å². The van der Waals surface area contributed by atoms with Gasteiger partial charge < -0.3 is 15.0 Å². The zero-order valence-corrected chi connectivity index (χ0v) is 16.1. The molecular formula is C22H21FN2O4. The molecule has 0 aromatic heterocycles. The molecule has 0 aliphatic carbocycles. The predicted molar refractivity (Wildman–Crippen MR) is 106 cm³/mol. The van der Waals surface area contributed by atoms with Gasteiger partial charge in [-0.3, -0.25) is 14.4 Å². The zero-order valence-electron chi connectivity index (χ0n) is 16.1. The first-order valence-corrected chi connectivity index (χ1v) is 9.17. The highest BCUT2D eigenvalue weighted by Crippen LogP contribution is 2.33. The van der Waals surface area contributed by atoms with Crippen molar-refractivity contribution in [1.29, 1.82) is 0 Å². The molecule has 0 bridgehead atoms. The Kier molecular flexibility index (Phi) is 6.07. The van der Waals surface area contributed by atoms with Gasteiger partial charge in [0, 0.05) is 18.8 Å². The predicted octanol–water partition coefficient (Wildman–Crippen LogP) is 3.66. The summed E-state index contributed by atoms with van der Waals surface area (Å²) in [5.74, 6) is -1.88. The smallest absolute Gasteiger partial charge is 0.309 e. The summed E-state index contributed by atoms with van der Waals surface area (Å²) in [4.78, 5) is 38.2. The normalized spacial score (nSPS) is 16.0. The van der Waals surface area contributed by atoms with Crippen LogP contribution in [0.25, 0.3) is 6.08 Å². The van der Waals surface area contributed by atoms with E-state index in [-0.39, 0.29) is 18.0 Å². The third-order valence-electron chi connectivity index (χ3n) is 4.60. The van der Waals surface area contributed by atoms with E-state index in [1.807, 2.05) is 30.3 Å². The molecule has 2 amide bonds. The van der Waals surface area contributed by atoms with E-state index in [0.717, 1.165) is 11.1 Å². The third-order valence-corrected chi connectivity index (χ3v) is 4.60. The molecule has 7 heteroatoms. The Morgan fingerprint density at radius 2 is 1.93 bits per heavy atom. The van der Waals surface area contributed by atoms with Crippen LogP contribution in [0.5, 0.6) is 0 Å².